The third-order valence-electron chi connectivity index (χ3n) is 6.90. The van der Waals surface area contributed by atoms with Crippen LogP contribution in [0, 0.1) is 0 Å². The molecular weight excluding hydrogens is 583 g/mol. The summed E-state index contributed by atoms with van der Waals surface area (Å²) in [6, 6.07) is 38.9. The molecule has 38 heavy (non-hydrogen) atoms. The Morgan fingerprint density at radius 3 is 2.00 bits per heavy atom. The van der Waals surface area contributed by atoms with Crippen LogP contribution in [0.4, 0.5) is 0 Å². The first kappa shape index (κ1) is 30.1. The molecule has 5 aromatic carbocycles. The summed E-state index contributed by atoms with van der Waals surface area (Å²) < 4.78 is 1.42. The predicted octanol–water partition coefficient (Wildman–Crippen LogP) is 3.29. The van der Waals surface area contributed by atoms with Crippen LogP contribution >= 0.6 is 0 Å². The average Bonchev–Trinajstić information content (AvgIpc) is 3.57. The van der Waals surface area contributed by atoms with Crippen LogP contribution in [0.5, 0.6) is 0 Å². The van der Waals surface area contributed by atoms with Gasteiger partial charge in [-0.1, -0.05) is 79.1 Å². The first-order chi connectivity index (χ1) is 17.7. The Bertz CT molecular complexity index is 1490. The Morgan fingerprint density at radius 1 is 0.737 bits per heavy atom. The molecule has 1 aliphatic carbocycles. The van der Waals surface area contributed by atoms with E-state index in [0.29, 0.717) is 5.92 Å². The summed E-state index contributed by atoms with van der Waals surface area (Å²) in [7, 11) is 0. The second-order valence-electron chi connectivity index (χ2n) is 9.38. The molecular formula is C35H31Cl2Zr-. The number of rotatable bonds is 6. The number of fused-ring (bicyclic) bond motifs is 3. The van der Waals surface area contributed by atoms with Gasteiger partial charge in [0.05, 0.1) is 0 Å². The Kier molecular flexibility index (Phi) is 11.6. The molecule has 6 rings (SSSR count). The molecule has 1 unspecified atom stereocenters. The van der Waals surface area contributed by atoms with Gasteiger partial charge in [-0.3, -0.25) is 0 Å². The molecule has 0 nitrogen and oxygen atoms in total. The van der Waals surface area contributed by atoms with E-state index in [1.165, 1.54) is 90.5 Å². The molecule has 1 atom stereocenters. The van der Waals surface area contributed by atoms with E-state index in [-0.39, 0.29) is 24.8 Å². The van der Waals surface area contributed by atoms with Gasteiger partial charge in [0, 0.05) is 0 Å². The zero-order chi connectivity index (χ0) is 24.7. The van der Waals surface area contributed by atoms with Gasteiger partial charge in [0.2, 0.25) is 0 Å². The van der Waals surface area contributed by atoms with Gasteiger partial charge in [-0.25, -0.2) is 0 Å². The van der Waals surface area contributed by atoms with Gasteiger partial charge in [-0.05, 0) is 18.8 Å². The van der Waals surface area contributed by atoms with Crippen molar-refractivity contribution in [3.63, 3.8) is 0 Å². The molecule has 0 spiro atoms. The molecule has 0 aromatic heterocycles. The fourth-order valence-electron chi connectivity index (χ4n) is 4.98. The Labute approximate surface area is 254 Å². The summed E-state index contributed by atoms with van der Waals surface area (Å²) >= 11 is 1.46. The van der Waals surface area contributed by atoms with Crippen molar-refractivity contribution in [2.24, 2.45) is 0 Å². The van der Waals surface area contributed by atoms with Crippen molar-refractivity contribution in [2.75, 3.05) is 0 Å². The number of hydrogen-bond acceptors (Lipinski definition) is 0. The molecule has 0 amide bonds. The normalized spacial score (nSPS) is 13.8. The van der Waals surface area contributed by atoms with Crippen LogP contribution in [0.2, 0.25) is 0 Å². The number of allylic oxidation sites excluding steroid dienone is 4. The predicted molar refractivity (Wildman–Crippen MR) is 153 cm³/mol. The zero-order valence-electron chi connectivity index (χ0n) is 21.6. The van der Waals surface area contributed by atoms with Gasteiger partial charge >= 0.3 is 99.2 Å². The Morgan fingerprint density at radius 2 is 1.34 bits per heavy atom. The molecule has 0 N–H and O–H groups in total. The summed E-state index contributed by atoms with van der Waals surface area (Å²) in [4.78, 5) is 0. The second-order valence-corrected chi connectivity index (χ2v) is 10.6. The summed E-state index contributed by atoms with van der Waals surface area (Å²) in [6.45, 7) is 2.26. The third-order valence-corrected chi connectivity index (χ3v) is 8.32. The second kappa shape index (κ2) is 14.6. The number of unbranched alkanes of at least 4 members (excludes halogenated alkanes) is 1. The topological polar surface area (TPSA) is 0 Å². The van der Waals surface area contributed by atoms with Crippen LogP contribution in [0.25, 0.3) is 21.5 Å². The van der Waals surface area contributed by atoms with Gasteiger partial charge < -0.3 is 24.8 Å². The van der Waals surface area contributed by atoms with E-state index in [1.807, 2.05) is 0 Å². The molecule has 190 valence electrons. The van der Waals surface area contributed by atoms with E-state index < -0.39 is 0 Å². The zero-order valence-corrected chi connectivity index (χ0v) is 25.5. The summed E-state index contributed by atoms with van der Waals surface area (Å²) in [5, 5.41) is 5.52. The summed E-state index contributed by atoms with van der Waals surface area (Å²) in [6.07, 6.45) is 10.9. The van der Waals surface area contributed by atoms with Crippen molar-refractivity contribution in [1.29, 1.82) is 0 Å². The van der Waals surface area contributed by atoms with E-state index in [1.54, 1.807) is 0 Å². The maximum absolute atomic E-state index is 2.45. The first-order valence-electron chi connectivity index (χ1n) is 12.9. The van der Waals surface area contributed by atoms with Crippen LogP contribution in [-0.2, 0) is 24.2 Å². The quantitative estimate of drug-likeness (QED) is 0.258. The Hall–Kier alpha value is -2.44. The van der Waals surface area contributed by atoms with E-state index in [2.05, 4.69) is 134 Å². The van der Waals surface area contributed by atoms with Gasteiger partial charge in [-0.15, -0.1) is 33.7 Å². The SMILES string of the molecule is CCCCC1=CC(c2cccc3c2[cH-]c2ccccc23)C=C1.[Cl-].[Cl-].[Zr+2]=[C](c1ccccc1)c1ccccc1. The van der Waals surface area contributed by atoms with Crippen molar-refractivity contribution < 1.29 is 49.0 Å². The van der Waals surface area contributed by atoms with Crippen molar-refractivity contribution in [1.82, 2.24) is 0 Å². The summed E-state index contributed by atoms with van der Waals surface area (Å²) in [5.74, 6) is 0.437. The molecule has 0 fully saturated rings. The molecule has 0 radical (unpaired) electrons. The van der Waals surface area contributed by atoms with Gasteiger partial charge in [0.1, 0.15) is 0 Å². The van der Waals surface area contributed by atoms with E-state index in [9.17, 15) is 0 Å². The molecule has 0 saturated carbocycles. The van der Waals surface area contributed by atoms with Crippen LogP contribution < -0.4 is 24.8 Å². The fraction of sp³-hybridized carbons (Fsp3) is 0.143. The molecule has 0 heterocycles. The number of hydrogen-bond donors (Lipinski definition) is 0. The van der Waals surface area contributed by atoms with Crippen LogP contribution in [0.15, 0.2) is 133 Å². The van der Waals surface area contributed by atoms with Gasteiger partial charge in [0.25, 0.3) is 0 Å². The molecule has 1 aliphatic rings. The first-order valence-corrected chi connectivity index (χ1v) is 14.1. The minimum absolute atomic E-state index is 0. The molecule has 0 saturated heterocycles. The van der Waals surface area contributed by atoms with Crippen molar-refractivity contribution in [3.05, 3.63) is 150 Å². The molecule has 0 aliphatic heterocycles. The maximum atomic E-state index is 2.45. The van der Waals surface area contributed by atoms with Crippen molar-refractivity contribution in [3.8, 4) is 0 Å². The van der Waals surface area contributed by atoms with Gasteiger partial charge in [-0.2, -0.15) is 0 Å². The number of halogens is 2. The Balaban J connectivity index is 0.000000219. The monoisotopic (exact) mass is 611 g/mol. The molecule has 3 heteroatoms. The van der Waals surface area contributed by atoms with Crippen LogP contribution in [0.3, 0.4) is 0 Å². The third kappa shape index (κ3) is 6.95. The van der Waals surface area contributed by atoms with Crippen molar-refractivity contribution in [2.45, 2.75) is 32.1 Å². The van der Waals surface area contributed by atoms with Crippen molar-refractivity contribution >= 4 is 24.8 Å². The molecule has 0 bridgehead atoms. The van der Waals surface area contributed by atoms with Crippen LogP contribution in [0.1, 0.15) is 48.8 Å². The fourth-order valence-corrected chi connectivity index (χ4v) is 5.80. The minimum atomic E-state index is 0. The van der Waals surface area contributed by atoms with E-state index in [4.69, 9.17) is 0 Å². The van der Waals surface area contributed by atoms with Crippen LogP contribution in [-0.4, -0.2) is 3.21 Å². The van der Waals surface area contributed by atoms with Gasteiger partial charge in [0.15, 0.2) is 0 Å². The number of benzene rings is 4. The van der Waals surface area contributed by atoms with E-state index >= 15 is 0 Å². The standard InChI is InChI=1S/C22H21.C13H10.2ClH.Zr/c1-2-3-7-16-12-13-18(14-16)20-10-6-11-21-19-9-5-4-8-17(19)15-22(20)21;1-3-7-12(8-4-1)11-13-9-5-2-6-10-13;;;/h4-6,8-15,18H,2-3,7H2,1H3;1-10H;2*1H;/q-1;;;;+2/p-2. The molecule has 5 aromatic rings. The average molecular weight is 614 g/mol. The van der Waals surface area contributed by atoms with E-state index in [0.717, 1.165) is 0 Å². The summed E-state index contributed by atoms with van der Waals surface area (Å²) in [5.41, 5.74) is 5.60.